The molecule has 3 aliphatic rings. The second-order valence-electron chi connectivity index (χ2n) is 7.73. The van der Waals surface area contributed by atoms with Crippen molar-refractivity contribution in [1.82, 2.24) is 9.78 Å². The molecule has 1 aliphatic carbocycles. The van der Waals surface area contributed by atoms with Gasteiger partial charge in [0.05, 0.1) is 36.1 Å². The van der Waals surface area contributed by atoms with E-state index in [9.17, 15) is 4.79 Å². The lowest BCUT2D eigenvalue weighted by Gasteiger charge is -2.27. The molecular weight excluding hydrogens is 406 g/mol. The molecule has 0 saturated heterocycles. The highest BCUT2D eigenvalue weighted by molar-refractivity contribution is 8.14. The maximum absolute atomic E-state index is 13.1. The van der Waals surface area contributed by atoms with Crippen LogP contribution in [0, 0.1) is 0 Å². The average molecular weight is 432 g/mol. The van der Waals surface area contributed by atoms with E-state index in [4.69, 9.17) is 23.9 Å². The zero-order chi connectivity index (χ0) is 20.8. The van der Waals surface area contributed by atoms with Gasteiger partial charge in [-0.25, -0.2) is 4.99 Å². The topological polar surface area (TPSA) is 87.1 Å². The predicted molar refractivity (Wildman–Crippen MR) is 115 cm³/mol. The Balaban J connectivity index is 1.67. The van der Waals surface area contributed by atoms with Gasteiger partial charge in [0.1, 0.15) is 0 Å². The molecule has 5 rings (SSSR count). The van der Waals surface area contributed by atoms with E-state index >= 15 is 0 Å². The summed E-state index contributed by atoms with van der Waals surface area (Å²) < 4.78 is 24.5. The first-order valence-corrected chi connectivity index (χ1v) is 11.1. The van der Waals surface area contributed by atoms with Crippen LogP contribution in [-0.4, -0.2) is 35.8 Å². The Hall–Kier alpha value is -2.55. The number of thioether (sulfide) groups is 1. The Labute approximate surface area is 178 Å². The lowest BCUT2D eigenvalue weighted by Crippen LogP contribution is -2.16. The summed E-state index contributed by atoms with van der Waals surface area (Å²) in [6.07, 6.45) is 5.72. The molecule has 2 aliphatic heterocycles. The number of aromatic nitrogens is 2. The summed E-state index contributed by atoms with van der Waals surface area (Å²) in [7, 11) is 3.19. The number of hydrogen-bond donors (Lipinski definition) is 1. The second-order valence-corrected chi connectivity index (χ2v) is 9.03. The van der Waals surface area contributed by atoms with Gasteiger partial charge in [0, 0.05) is 5.56 Å². The molecule has 0 amide bonds. The van der Waals surface area contributed by atoms with Crippen LogP contribution in [0.25, 0.3) is 0 Å². The number of hydrogen-bond acceptors (Lipinski definition) is 7. The molecular formula is C21H25N3O5S. The number of rotatable bonds is 4. The number of benzene rings is 1. The van der Waals surface area contributed by atoms with E-state index in [1.165, 1.54) is 31.0 Å². The van der Waals surface area contributed by atoms with Gasteiger partial charge in [-0.05, 0) is 25.8 Å². The molecule has 0 unspecified atom stereocenters. The SMILES string of the molecule is COc1cc([C@@H]2SC(C)=Nc3c2c(=O)[nH]n3C2CCCCC2)c(OC)c2c1OCO2. The van der Waals surface area contributed by atoms with Crippen LogP contribution in [0.3, 0.4) is 0 Å². The van der Waals surface area contributed by atoms with Crippen molar-refractivity contribution in [2.45, 2.75) is 50.3 Å². The maximum Gasteiger partial charge on any atom is 0.271 e. The Morgan fingerprint density at radius 1 is 1.17 bits per heavy atom. The molecule has 8 nitrogen and oxygen atoms in total. The number of fused-ring (bicyclic) bond motifs is 2. The van der Waals surface area contributed by atoms with Crippen molar-refractivity contribution in [3.63, 3.8) is 0 Å². The Bertz CT molecular complexity index is 1070. The summed E-state index contributed by atoms with van der Waals surface area (Å²) in [6.45, 7) is 2.08. The number of aromatic amines is 1. The molecule has 3 heterocycles. The van der Waals surface area contributed by atoms with Gasteiger partial charge < -0.3 is 18.9 Å². The van der Waals surface area contributed by atoms with Gasteiger partial charge in [0.15, 0.2) is 17.3 Å². The highest BCUT2D eigenvalue weighted by Gasteiger charge is 2.37. The number of nitrogens with one attached hydrogen (secondary N) is 1. The normalized spacial score (nSPS) is 20.6. The number of nitrogens with zero attached hydrogens (tertiary/aromatic N) is 2. The quantitative estimate of drug-likeness (QED) is 0.776. The van der Waals surface area contributed by atoms with Gasteiger partial charge in [0.2, 0.25) is 18.3 Å². The molecule has 160 valence electrons. The first-order valence-electron chi connectivity index (χ1n) is 10.2. The largest absolute Gasteiger partial charge is 0.493 e. The number of ether oxygens (including phenoxy) is 4. The van der Waals surface area contributed by atoms with Gasteiger partial charge >= 0.3 is 0 Å². The number of methoxy groups -OCH3 is 2. The fourth-order valence-electron chi connectivity index (χ4n) is 4.62. The Morgan fingerprint density at radius 2 is 1.93 bits per heavy atom. The minimum Gasteiger partial charge on any atom is -0.493 e. The van der Waals surface area contributed by atoms with Gasteiger partial charge in [-0.15, -0.1) is 0 Å². The summed E-state index contributed by atoms with van der Waals surface area (Å²) in [6, 6.07) is 2.16. The van der Waals surface area contributed by atoms with Crippen molar-refractivity contribution in [2.75, 3.05) is 21.0 Å². The van der Waals surface area contributed by atoms with Crippen LogP contribution < -0.4 is 24.5 Å². The van der Waals surface area contributed by atoms with Crippen molar-refractivity contribution in [1.29, 1.82) is 0 Å². The number of H-pyrrole nitrogens is 1. The first kappa shape index (κ1) is 19.4. The minimum atomic E-state index is -0.288. The second kappa shape index (κ2) is 7.61. The van der Waals surface area contributed by atoms with Gasteiger partial charge in [-0.3, -0.25) is 14.6 Å². The number of aliphatic imine (C=N–C) groups is 1. The molecule has 2 aromatic rings. The van der Waals surface area contributed by atoms with Gasteiger partial charge in [0.25, 0.3) is 5.56 Å². The van der Waals surface area contributed by atoms with E-state index < -0.39 is 0 Å². The fourth-order valence-corrected chi connectivity index (χ4v) is 5.73. The fraction of sp³-hybridized carbons (Fsp3) is 0.524. The summed E-state index contributed by atoms with van der Waals surface area (Å²) >= 11 is 1.54. The molecule has 0 bridgehead atoms. The molecule has 1 aromatic carbocycles. The van der Waals surface area contributed by atoms with E-state index in [0.717, 1.165) is 29.3 Å². The molecule has 1 aromatic heterocycles. The molecule has 1 atom stereocenters. The van der Waals surface area contributed by atoms with E-state index in [-0.39, 0.29) is 23.6 Å². The van der Waals surface area contributed by atoms with Crippen LogP contribution in [0.1, 0.15) is 61.4 Å². The predicted octanol–water partition coefficient (Wildman–Crippen LogP) is 4.31. The highest BCUT2D eigenvalue weighted by atomic mass is 32.2. The average Bonchev–Trinajstić information content (AvgIpc) is 3.38. The highest BCUT2D eigenvalue weighted by Crippen LogP contribution is 2.55. The van der Waals surface area contributed by atoms with Crippen molar-refractivity contribution >= 4 is 22.6 Å². The van der Waals surface area contributed by atoms with Crippen LogP contribution in [0.2, 0.25) is 0 Å². The molecule has 1 fully saturated rings. The van der Waals surface area contributed by atoms with Crippen LogP contribution in [0.15, 0.2) is 15.9 Å². The smallest absolute Gasteiger partial charge is 0.271 e. The molecule has 30 heavy (non-hydrogen) atoms. The summed E-state index contributed by atoms with van der Waals surface area (Å²) in [5.41, 5.74) is 1.35. The van der Waals surface area contributed by atoms with Crippen LogP contribution in [0.4, 0.5) is 5.82 Å². The van der Waals surface area contributed by atoms with Crippen molar-refractivity contribution in [3.05, 3.63) is 27.5 Å². The monoisotopic (exact) mass is 431 g/mol. The standard InChI is InChI=1S/C21H25N3O5S/c1-11-22-20-15(21(25)23-24(20)12-7-5-4-6-8-12)19(30-11)13-9-14(26-2)17-18(16(13)27-3)29-10-28-17/h9,12,19H,4-8,10H2,1-3H3,(H,23,25)/t19-/m0/s1. The van der Waals surface area contributed by atoms with Crippen LogP contribution in [-0.2, 0) is 0 Å². The van der Waals surface area contributed by atoms with Crippen LogP contribution >= 0.6 is 11.8 Å². The van der Waals surface area contributed by atoms with Crippen LogP contribution in [0.5, 0.6) is 23.0 Å². The third-order valence-electron chi connectivity index (χ3n) is 5.99. The zero-order valence-electron chi connectivity index (χ0n) is 17.3. The Kier molecular flexibility index (Phi) is 4.92. The first-order chi connectivity index (χ1) is 14.6. The van der Waals surface area contributed by atoms with E-state index in [1.807, 2.05) is 17.7 Å². The van der Waals surface area contributed by atoms with E-state index in [1.54, 1.807) is 14.2 Å². The molecule has 0 spiro atoms. The lowest BCUT2D eigenvalue weighted by molar-refractivity contribution is 0.168. The van der Waals surface area contributed by atoms with Gasteiger partial charge in [-0.2, -0.15) is 0 Å². The maximum atomic E-state index is 13.1. The molecule has 9 heteroatoms. The van der Waals surface area contributed by atoms with E-state index in [2.05, 4.69) is 5.10 Å². The van der Waals surface area contributed by atoms with Crippen molar-refractivity contribution in [2.24, 2.45) is 4.99 Å². The van der Waals surface area contributed by atoms with Crippen molar-refractivity contribution in [3.8, 4) is 23.0 Å². The third-order valence-corrected chi connectivity index (χ3v) is 7.15. The summed E-state index contributed by atoms with van der Waals surface area (Å²) in [5, 5.41) is 3.69. The van der Waals surface area contributed by atoms with E-state index in [0.29, 0.717) is 28.6 Å². The van der Waals surface area contributed by atoms with Crippen molar-refractivity contribution < 1.29 is 18.9 Å². The molecule has 1 N–H and O–H groups in total. The Morgan fingerprint density at radius 3 is 2.67 bits per heavy atom. The minimum absolute atomic E-state index is 0.105. The van der Waals surface area contributed by atoms with Gasteiger partial charge in [-0.1, -0.05) is 31.0 Å². The molecule has 0 radical (unpaired) electrons. The summed E-state index contributed by atoms with van der Waals surface area (Å²) in [5.74, 6) is 2.89. The lowest BCUT2D eigenvalue weighted by atomic mass is 9.95. The third kappa shape index (κ3) is 2.98. The zero-order valence-corrected chi connectivity index (χ0v) is 18.1. The molecule has 1 saturated carbocycles. The summed E-state index contributed by atoms with van der Waals surface area (Å²) in [4.78, 5) is 17.9.